The fourth-order valence-corrected chi connectivity index (χ4v) is 2.93. The van der Waals surface area contributed by atoms with Gasteiger partial charge in [0.25, 0.3) is 0 Å². The number of hydrogen-bond donors (Lipinski definition) is 1. The first-order valence-electron chi connectivity index (χ1n) is 7.11. The second-order valence-corrected chi connectivity index (χ2v) is 5.65. The van der Waals surface area contributed by atoms with Crippen LogP contribution in [0.2, 0.25) is 0 Å². The van der Waals surface area contributed by atoms with Gasteiger partial charge in [-0.2, -0.15) is 0 Å². The molecule has 0 aliphatic carbocycles. The van der Waals surface area contributed by atoms with Crippen molar-refractivity contribution in [2.24, 2.45) is 0 Å². The summed E-state index contributed by atoms with van der Waals surface area (Å²) in [6.07, 6.45) is 0. The van der Waals surface area contributed by atoms with Gasteiger partial charge in [-0.1, -0.05) is 25.5 Å². The lowest BCUT2D eigenvalue weighted by Gasteiger charge is -2.20. The summed E-state index contributed by atoms with van der Waals surface area (Å²) < 4.78 is 0. The summed E-state index contributed by atoms with van der Waals surface area (Å²) in [6.45, 7) is 14.0. The van der Waals surface area contributed by atoms with Gasteiger partial charge in [0.15, 0.2) is 0 Å². The Kier molecular flexibility index (Phi) is 3.79. The molecular formula is C17H24N2. The third-order valence-corrected chi connectivity index (χ3v) is 3.58. The second kappa shape index (κ2) is 5.20. The number of aromatic nitrogens is 1. The maximum Gasteiger partial charge on any atom is 0.0755 e. The number of fused-ring (bicyclic) bond motifs is 1. The molecule has 102 valence electrons. The van der Waals surface area contributed by atoms with Crippen LogP contribution in [0, 0.1) is 20.8 Å². The summed E-state index contributed by atoms with van der Waals surface area (Å²) in [4.78, 5) is 4.84. The molecule has 2 aromatic rings. The summed E-state index contributed by atoms with van der Waals surface area (Å²) in [5.41, 5.74) is 7.44. The quantitative estimate of drug-likeness (QED) is 0.859. The molecule has 1 N–H and O–H groups in total. The maximum absolute atomic E-state index is 4.84. The average Bonchev–Trinajstić information content (AvgIpc) is 2.30. The molecule has 2 nitrogen and oxygen atoms in total. The smallest absolute Gasteiger partial charge is 0.0755 e. The summed E-state index contributed by atoms with van der Waals surface area (Å²) >= 11 is 0. The highest BCUT2D eigenvalue weighted by atomic mass is 14.9. The molecule has 0 saturated carbocycles. The van der Waals surface area contributed by atoms with E-state index < -0.39 is 0 Å². The van der Waals surface area contributed by atoms with E-state index in [1.165, 1.54) is 27.8 Å². The minimum absolute atomic E-state index is 0.478. The van der Waals surface area contributed by atoms with E-state index in [-0.39, 0.29) is 0 Å². The fourth-order valence-electron chi connectivity index (χ4n) is 2.93. The third-order valence-electron chi connectivity index (χ3n) is 3.58. The lowest BCUT2D eigenvalue weighted by Crippen LogP contribution is -2.07. The van der Waals surface area contributed by atoms with Crippen LogP contribution < -0.4 is 5.32 Å². The Hall–Kier alpha value is -1.57. The van der Waals surface area contributed by atoms with Crippen LogP contribution in [0.5, 0.6) is 0 Å². The third kappa shape index (κ3) is 2.44. The molecule has 0 bridgehead atoms. The number of nitrogens with one attached hydrogen (secondary N) is 1. The predicted octanol–water partition coefficient (Wildman–Crippen LogP) is 4.72. The number of nitrogens with zero attached hydrogens (tertiary/aromatic N) is 1. The molecule has 2 heteroatoms. The molecule has 1 aromatic heterocycles. The average molecular weight is 256 g/mol. The van der Waals surface area contributed by atoms with E-state index in [0.29, 0.717) is 5.92 Å². The molecule has 1 aromatic carbocycles. The molecule has 0 unspecified atom stereocenters. The molecule has 0 fully saturated rings. The Labute approximate surface area is 116 Å². The van der Waals surface area contributed by atoms with Gasteiger partial charge in [0.1, 0.15) is 0 Å². The van der Waals surface area contributed by atoms with Gasteiger partial charge in [0.2, 0.25) is 0 Å². The number of benzene rings is 1. The minimum atomic E-state index is 0.478. The first-order chi connectivity index (χ1) is 8.95. The van der Waals surface area contributed by atoms with Gasteiger partial charge < -0.3 is 5.32 Å². The monoisotopic (exact) mass is 256 g/mol. The maximum atomic E-state index is 4.84. The summed E-state index contributed by atoms with van der Waals surface area (Å²) in [5.74, 6) is 0.478. The van der Waals surface area contributed by atoms with Gasteiger partial charge >= 0.3 is 0 Å². The van der Waals surface area contributed by atoms with Crippen molar-refractivity contribution in [1.82, 2.24) is 4.98 Å². The molecule has 2 rings (SSSR count). The number of rotatable bonds is 3. The van der Waals surface area contributed by atoms with Gasteiger partial charge in [-0.25, -0.2) is 0 Å². The standard InChI is InChI=1S/C17H24N2/c1-7-18-17-14-9-11(4)8-12(5)16(14)19-13(6)15(17)10(2)3/h8-10H,7H2,1-6H3,(H,18,19). The highest BCUT2D eigenvalue weighted by Crippen LogP contribution is 2.35. The zero-order chi connectivity index (χ0) is 14.2. The molecule has 0 amide bonds. The van der Waals surface area contributed by atoms with Gasteiger partial charge in [-0.3, -0.25) is 4.98 Å². The van der Waals surface area contributed by atoms with E-state index in [2.05, 4.69) is 59.0 Å². The van der Waals surface area contributed by atoms with Crippen molar-refractivity contribution in [1.29, 1.82) is 0 Å². The molecule has 1 heterocycles. The molecule has 0 atom stereocenters. The van der Waals surface area contributed by atoms with E-state index in [4.69, 9.17) is 4.98 Å². The zero-order valence-electron chi connectivity index (χ0n) is 12.9. The minimum Gasteiger partial charge on any atom is -0.384 e. The lowest BCUT2D eigenvalue weighted by molar-refractivity contribution is 0.847. The van der Waals surface area contributed by atoms with E-state index in [0.717, 1.165) is 17.8 Å². The van der Waals surface area contributed by atoms with E-state index in [9.17, 15) is 0 Å². The van der Waals surface area contributed by atoms with Gasteiger partial charge in [-0.05, 0) is 50.8 Å². The molecular weight excluding hydrogens is 232 g/mol. The van der Waals surface area contributed by atoms with Crippen molar-refractivity contribution in [2.75, 3.05) is 11.9 Å². The summed E-state index contributed by atoms with van der Waals surface area (Å²) in [5, 5.41) is 4.81. The number of anilines is 1. The van der Waals surface area contributed by atoms with Crippen LogP contribution in [-0.2, 0) is 0 Å². The number of aryl methyl sites for hydroxylation is 3. The fraction of sp³-hybridized carbons (Fsp3) is 0.471. The number of hydrogen-bond acceptors (Lipinski definition) is 2. The highest BCUT2D eigenvalue weighted by molar-refractivity contribution is 5.96. The van der Waals surface area contributed by atoms with Crippen LogP contribution in [0.1, 0.15) is 49.1 Å². The van der Waals surface area contributed by atoms with Crippen LogP contribution in [0.3, 0.4) is 0 Å². The van der Waals surface area contributed by atoms with Gasteiger partial charge in [0.05, 0.1) is 5.52 Å². The van der Waals surface area contributed by atoms with E-state index in [1.54, 1.807) is 0 Å². The Morgan fingerprint density at radius 2 is 1.84 bits per heavy atom. The summed E-state index contributed by atoms with van der Waals surface area (Å²) in [6, 6.07) is 4.46. The lowest BCUT2D eigenvalue weighted by atomic mass is 9.95. The molecule has 0 aliphatic heterocycles. The van der Waals surface area contributed by atoms with Crippen LogP contribution in [0.25, 0.3) is 10.9 Å². The predicted molar refractivity (Wildman–Crippen MR) is 84.2 cm³/mol. The normalized spacial score (nSPS) is 11.3. The van der Waals surface area contributed by atoms with Crippen LogP contribution in [-0.4, -0.2) is 11.5 Å². The molecule has 0 radical (unpaired) electrons. The molecule has 0 spiro atoms. The Morgan fingerprint density at radius 1 is 1.16 bits per heavy atom. The largest absolute Gasteiger partial charge is 0.384 e. The van der Waals surface area contributed by atoms with Crippen molar-refractivity contribution in [2.45, 2.75) is 47.5 Å². The molecule has 0 saturated heterocycles. The van der Waals surface area contributed by atoms with Gasteiger partial charge in [0, 0.05) is 23.3 Å². The van der Waals surface area contributed by atoms with Crippen LogP contribution >= 0.6 is 0 Å². The topological polar surface area (TPSA) is 24.9 Å². The first-order valence-corrected chi connectivity index (χ1v) is 7.11. The zero-order valence-corrected chi connectivity index (χ0v) is 12.9. The van der Waals surface area contributed by atoms with Crippen molar-refractivity contribution >= 4 is 16.6 Å². The van der Waals surface area contributed by atoms with E-state index >= 15 is 0 Å². The van der Waals surface area contributed by atoms with Gasteiger partial charge in [-0.15, -0.1) is 0 Å². The molecule has 0 aliphatic rings. The van der Waals surface area contributed by atoms with Crippen LogP contribution in [0.4, 0.5) is 5.69 Å². The summed E-state index contributed by atoms with van der Waals surface area (Å²) in [7, 11) is 0. The van der Waals surface area contributed by atoms with Crippen molar-refractivity contribution in [3.63, 3.8) is 0 Å². The SMILES string of the molecule is CCNc1c(C(C)C)c(C)nc2c(C)cc(C)cc12. The Morgan fingerprint density at radius 3 is 2.42 bits per heavy atom. The van der Waals surface area contributed by atoms with Crippen molar-refractivity contribution in [3.8, 4) is 0 Å². The highest BCUT2D eigenvalue weighted by Gasteiger charge is 2.16. The molecule has 19 heavy (non-hydrogen) atoms. The Balaban J connectivity index is 2.89. The van der Waals surface area contributed by atoms with E-state index in [1.807, 2.05) is 0 Å². The Bertz CT molecular complexity index is 612. The number of pyridine rings is 1. The van der Waals surface area contributed by atoms with Crippen molar-refractivity contribution in [3.05, 3.63) is 34.5 Å². The first kappa shape index (κ1) is 13.9. The second-order valence-electron chi connectivity index (χ2n) is 5.65. The van der Waals surface area contributed by atoms with Crippen molar-refractivity contribution < 1.29 is 0 Å². The van der Waals surface area contributed by atoms with Crippen LogP contribution in [0.15, 0.2) is 12.1 Å².